The third kappa shape index (κ3) is 2.18. The molecule has 1 aliphatic heterocycles. The maximum absolute atomic E-state index is 12.8. The Bertz CT molecular complexity index is 640. The van der Waals surface area contributed by atoms with Crippen LogP contribution in [0.5, 0.6) is 5.75 Å². The average Bonchev–Trinajstić information content (AvgIpc) is 2.53. The van der Waals surface area contributed by atoms with Crippen LogP contribution in [0.2, 0.25) is 0 Å². The molecule has 1 atom stereocenters. The summed E-state index contributed by atoms with van der Waals surface area (Å²) >= 11 is 0. The molecule has 1 N–H and O–H groups in total. The molecule has 0 spiro atoms. The van der Waals surface area contributed by atoms with Crippen molar-refractivity contribution in [3.63, 3.8) is 0 Å². The predicted molar refractivity (Wildman–Crippen MR) is 76.0 cm³/mol. The van der Waals surface area contributed by atoms with Crippen molar-refractivity contribution in [3.8, 4) is 5.75 Å². The first-order valence-electron chi connectivity index (χ1n) is 6.63. The van der Waals surface area contributed by atoms with Crippen molar-refractivity contribution in [3.05, 3.63) is 59.4 Å². The number of ketones is 1. The number of nitrogens with zero attached hydrogens (tertiary/aromatic N) is 1. The number of fused-ring (bicyclic) bond motifs is 1. The number of hydrogen-bond acceptors (Lipinski definition) is 4. The molecule has 4 nitrogen and oxygen atoms in total. The molecule has 1 aliphatic rings. The topological polar surface area (TPSA) is 51.2 Å². The summed E-state index contributed by atoms with van der Waals surface area (Å²) in [6.45, 7) is 1.44. The lowest BCUT2D eigenvalue weighted by Gasteiger charge is -2.25. The highest BCUT2D eigenvalue weighted by atomic mass is 16.5. The van der Waals surface area contributed by atoms with Crippen molar-refractivity contribution >= 4 is 5.78 Å². The molecule has 1 aromatic heterocycles. The first kappa shape index (κ1) is 12.8. The number of aromatic nitrogens is 1. The summed E-state index contributed by atoms with van der Waals surface area (Å²) in [5, 5.41) is 3.29. The van der Waals surface area contributed by atoms with Gasteiger partial charge in [0.1, 0.15) is 11.4 Å². The van der Waals surface area contributed by atoms with E-state index in [2.05, 4.69) is 16.4 Å². The molecule has 4 heteroatoms. The van der Waals surface area contributed by atoms with Gasteiger partial charge < -0.3 is 10.1 Å². The molecule has 0 bridgehead atoms. The Morgan fingerprint density at radius 1 is 1.30 bits per heavy atom. The third-order valence-electron chi connectivity index (χ3n) is 3.63. The number of methoxy groups -OCH3 is 1. The Kier molecular flexibility index (Phi) is 3.48. The Morgan fingerprint density at radius 2 is 2.15 bits per heavy atom. The van der Waals surface area contributed by atoms with Crippen LogP contribution in [0.3, 0.4) is 0 Å². The van der Waals surface area contributed by atoms with Crippen molar-refractivity contribution in [1.29, 1.82) is 0 Å². The summed E-state index contributed by atoms with van der Waals surface area (Å²) in [4.78, 5) is 17.0. The van der Waals surface area contributed by atoms with E-state index in [1.54, 1.807) is 25.4 Å². The number of carbonyl (C=O) groups is 1. The van der Waals surface area contributed by atoms with Crippen LogP contribution < -0.4 is 10.1 Å². The van der Waals surface area contributed by atoms with Crippen LogP contribution in [-0.4, -0.2) is 24.4 Å². The fourth-order valence-corrected chi connectivity index (χ4v) is 2.64. The Labute approximate surface area is 117 Å². The molecule has 2 aromatic rings. The molecule has 0 amide bonds. The van der Waals surface area contributed by atoms with Crippen LogP contribution in [0.4, 0.5) is 0 Å². The van der Waals surface area contributed by atoms with Crippen LogP contribution in [-0.2, 0) is 6.54 Å². The van der Waals surface area contributed by atoms with Gasteiger partial charge in [-0.15, -0.1) is 0 Å². The van der Waals surface area contributed by atoms with Crippen molar-refractivity contribution in [2.45, 2.75) is 12.5 Å². The van der Waals surface area contributed by atoms with Crippen LogP contribution in [0.1, 0.15) is 27.5 Å². The maximum atomic E-state index is 12.8. The van der Waals surface area contributed by atoms with Gasteiger partial charge in [0, 0.05) is 19.3 Å². The minimum absolute atomic E-state index is 0.00194. The molecular weight excluding hydrogens is 252 g/mol. The van der Waals surface area contributed by atoms with Crippen molar-refractivity contribution in [2.75, 3.05) is 13.7 Å². The fourth-order valence-electron chi connectivity index (χ4n) is 2.64. The summed E-state index contributed by atoms with van der Waals surface area (Å²) in [5.74, 6) is 0.325. The van der Waals surface area contributed by atoms with E-state index in [1.165, 1.54) is 5.56 Å². The van der Waals surface area contributed by atoms with Gasteiger partial charge in [-0.3, -0.25) is 4.79 Å². The smallest absolute Gasteiger partial charge is 0.193 e. The van der Waals surface area contributed by atoms with Gasteiger partial charge in [0.2, 0.25) is 0 Å². The Hall–Kier alpha value is -2.20. The molecule has 0 radical (unpaired) electrons. The summed E-state index contributed by atoms with van der Waals surface area (Å²) < 4.78 is 5.24. The van der Waals surface area contributed by atoms with E-state index >= 15 is 0 Å². The van der Waals surface area contributed by atoms with E-state index in [-0.39, 0.29) is 11.7 Å². The summed E-state index contributed by atoms with van der Waals surface area (Å²) in [7, 11) is 1.56. The van der Waals surface area contributed by atoms with Gasteiger partial charge in [0.15, 0.2) is 5.78 Å². The van der Waals surface area contributed by atoms with Gasteiger partial charge in [-0.1, -0.05) is 24.3 Å². The highest BCUT2D eigenvalue weighted by Gasteiger charge is 2.29. The molecule has 2 heterocycles. The molecule has 3 rings (SSSR count). The first-order chi connectivity index (χ1) is 9.81. The van der Waals surface area contributed by atoms with Crippen LogP contribution in [0.25, 0.3) is 0 Å². The number of nitrogens with one attached hydrogen (secondary N) is 1. The zero-order valence-corrected chi connectivity index (χ0v) is 11.3. The molecule has 1 aromatic carbocycles. The molecule has 0 saturated heterocycles. The second-order valence-corrected chi connectivity index (χ2v) is 4.80. The van der Waals surface area contributed by atoms with E-state index in [1.807, 2.05) is 18.2 Å². The van der Waals surface area contributed by atoms with E-state index < -0.39 is 0 Å². The maximum Gasteiger partial charge on any atom is 0.193 e. The molecule has 0 saturated carbocycles. The van der Waals surface area contributed by atoms with Gasteiger partial charge in [-0.2, -0.15) is 0 Å². The zero-order valence-electron chi connectivity index (χ0n) is 11.3. The molecular formula is C16H16N2O2. The Morgan fingerprint density at radius 3 is 3.00 bits per heavy atom. The van der Waals surface area contributed by atoms with Gasteiger partial charge >= 0.3 is 0 Å². The Balaban J connectivity index is 2.00. The SMILES string of the molecule is COc1cccnc1C(=O)C1CNCc2ccccc21. The van der Waals surface area contributed by atoms with Crippen molar-refractivity contribution in [2.24, 2.45) is 0 Å². The summed E-state index contributed by atoms with van der Waals surface area (Å²) in [6.07, 6.45) is 1.62. The highest BCUT2D eigenvalue weighted by Crippen LogP contribution is 2.29. The largest absolute Gasteiger partial charge is 0.494 e. The van der Waals surface area contributed by atoms with Gasteiger partial charge in [-0.05, 0) is 23.3 Å². The second-order valence-electron chi connectivity index (χ2n) is 4.80. The molecule has 0 aliphatic carbocycles. The lowest BCUT2D eigenvalue weighted by atomic mass is 9.86. The van der Waals surface area contributed by atoms with Crippen LogP contribution in [0, 0.1) is 0 Å². The second kappa shape index (κ2) is 5.43. The first-order valence-corrected chi connectivity index (χ1v) is 6.63. The lowest BCUT2D eigenvalue weighted by Crippen LogP contribution is -2.33. The van der Waals surface area contributed by atoms with E-state index in [0.717, 1.165) is 12.1 Å². The molecule has 102 valence electrons. The quantitative estimate of drug-likeness (QED) is 0.867. The number of benzene rings is 1. The monoisotopic (exact) mass is 268 g/mol. The van der Waals surface area contributed by atoms with E-state index in [9.17, 15) is 4.79 Å². The lowest BCUT2D eigenvalue weighted by molar-refractivity contribution is 0.0946. The minimum Gasteiger partial charge on any atom is -0.494 e. The fraction of sp³-hybridized carbons (Fsp3) is 0.250. The zero-order chi connectivity index (χ0) is 13.9. The number of rotatable bonds is 3. The summed E-state index contributed by atoms with van der Waals surface area (Å²) in [5.41, 5.74) is 2.66. The van der Waals surface area contributed by atoms with Crippen LogP contribution >= 0.6 is 0 Å². The number of carbonyl (C=O) groups excluding carboxylic acids is 1. The van der Waals surface area contributed by atoms with E-state index in [0.29, 0.717) is 18.0 Å². The van der Waals surface area contributed by atoms with Gasteiger partial charge in [0.25, 0.3) is 0 Å². The number of ether oxygens (including phenoxy) is 1. The van der Waals surface area contributed by atoms with Gasteiger partial charge in [-0.25, -0.2) is 4.98 Å². The van der Waals surface area contributed by atoms with E-state index in [4.69, 9.17) is 4.74 Å². The number of Topliss-reactive ketones (excluding diaryl/α,β-unsaturated/α-hetero) is 1. The normalized spacial score (nSPS) is 17.4. The average molecular weight is 268 g/mol. The highest BCUT2D eigenvalue weighted by molar-refractivity contribution is 6.02. The third-order valence-corrected chi connectivity index (χ3v) is 3.63. The molecule has 0 fully saturated rings. The minimum atomic E-state index is -0.205. The van der Waals surface area contributed by atoms with Gasteiger partial charge in [0.05, 0.1) is 13.0 Å². The number of hydrogen-bond donors (Lipinski definition) is 1. The van der Waals surface area contributed by atoms with Crippen molar-refractivity contribution < 1.29 is 9.53 Å². The predicted octanol–water partition coefficient (Wildman–Crippen LogP) is 2.16. The van der Waals surface area contributed by atoms with Crippen LogP contribution in [0.15, 0.2) is 42.6 Å². The number of pyridine rings is 1. The summed E-state index contributed by atoms with van der Waals surface area (Å²) in [6, 6.07) is 11.6. The van der Waals surface area contributed by atoms with Crippen molar-refractivity contribution in [1.82, 2.24) is 10.3 Å². The standard InChI is InChI=1S/C16H16N2O2/c1-20-14-7-4-8-18-15(14)16(19)13-10-17-9-11-5-2-3-6-12(11)13/h2-8,13,17H,9-10H2,1H3. The molecule has 1 unspecified atom stereocenters. The molecule has 20 heavy (non-hydrogen) atoms.